The van der Waals surface area contributed by atoms with E-state index in [4.69, 9.17) is 4.74 Å². The number of methoxy groups -OCH3 is 1. The minimum absolute atomic E-state index is 0.104. The number of hydrogen-bond donors (Lipinski definition) is 0. The van der Waals surface area contributed by atoms with E-state index in [1.54, 1.807) is 42.4 Å². The van der Waals surface area contributed by atoms with E-state index in [-0.39, 0.29) is 5.78 Å². The third-order valence-electron chi connectivity index (χ3n) is 2.49. The van der Waals surface area contributed by atoms with Crippen LogP contribution in [-0.2, 0) is 6.54 Å². The second-order valence-electron chi connectivity index (χ2n) is 3.75. The number of ether oxygens (including phenoxy) is 1. The van der Waals surface area contributed by atoms with Gasteiger partial charge in [-0.05, 0) is 24.3 Å². The topological polar surface area (TPSA) is 57.0 Å². The van der Waals surface area contributed by atoms with Crippen LogP contribution in [0.25, 0.3) is 0 Å². The number of allylic oxidation sites excluding steroid dienone is 1. The van der Waals surface area contributed by atoms with Crippen LogP contribution in [0.3, 0.4) is 0 Å². The fourth-order valence-electron chi connectivity index (χ4n) is 1.53. The summed E-state index contributed by atoms with van der Waals surface area (Å²) in [6, 6.07) is 6.92. The average Bonchev–Trinajstić information content (AvgIpc) is 2.91. The van der Waals surface area contributed by atoms with Crippen molar-refractivity contribution in [1.82, 2.24) is 14.8 Å². The van der Waals surface area contributed by atoms with E-state index >= 15 is 0 Å². The van der Waals surface area contributed by atoms with Gasteiger partial charge in [0, 0.05) is 11.1 Å². The van der Waals surface area contributed by atoms with Gasteiger partial charge in [0.1, 0.15) is 18.4 Å². The van der Waals surface area contributed by atoms with Crippen molar-refractivity contribution in [1.29, 1.82) is 0 Å². The van der Waals surface area contributed by atoms with Crippen molar-refractivity contribution in [3.8, 4) is 5.75 Å². The van der Waals surface area contributed by atoms with Crippen molar-refractivity contribution in [3.63, 3.8) is 0 Å². The first-order valence-electron chi connectivity index (χ1n) is 5.39. The monoisotopic (exact) mass is 243 g/mol. The summed E-state index contributed by atoms with van der Waals surface area (Å²) in [6.07, 6.45) is 2.97. The number of benzene rings is 1. The van der Waals surface area contributed by atoms with Crippen LogP contribution in [-0.4, -0.2) is 27.7 Å². The molecule has 5 nitrogen and oxygen atoms in total. The highest BCUT2D eigenvalue weighted by Crippen LogP contribution is 2.14. The molecule has 0 unspecified atom stereocenters. The predicted molar refractivity (Wildman–Crippen MR) is 66.5 cm³/mol. The number of carbonyl (C=O) groups excluding carboxylic acids is 1. The molecule has 0 atom stereocenters. The van der Waals surface area contributed by atoms with Gasteiger partial charge in [0.05, 0.1) is 13.7 Å². The van der Waals surface area contributed by atoms with E-state index < -0.39 is 0 Å². The van der Waals surface area contributed by atoms with Crippen LogP contribution in [0.1, 0.15) is 10.4 Å². The van der Waals surface area contributed by atoms with Crippen LogP contribution in [0.15, 0.2) is 49.1 Å². The molecule has 0 N–H and O–H groups in total. The summed E-state index contributed by atoms with van der Waals surface area (Å²) >= 11 is 0. The van der Waals surface area contributed by atoms with Gasteiger partial charge >= 0.3 is 0 Å². The first kappa shape index (κ1) is 12.0. The highest BCUT2D eigenvalue weighted by atomic mass is 16.5. The Morgan fingerprint density at radius 1 is 1.39 bits per heavy atom. The summed E-state index contributed by atoms with van der Waals surface area (Å²) in [7, 11) is 1.58. The first-order chi connectivity index (χ1) is 8.70. The van der Waals surface area contributed by atoms with E-state index in [9.17, 15) is 4.79 Å². The van der Waals surface area contributed by atoms with Crippen molar-refractivity contribution in [3.05, 3.63) is 54.6 Å². The summed E-state index contributed by atoms with van der Waals surface area (Å²) in [6.45, 7) is 4.12. The number of ketones is 1. The fraction of sp³-hybridized carbons (Fsp3) is 0.154. The zero-order valence-corrected chi connectivity index (χ0v) is 10.0. The Balaban J connectivity index is 2.08. The van der Waals surface area contributed by atoms with Crippen molar-refractivity contribution >= 4 is 5.78 Å². The minimum Gasteiger partial charge on any atom is -0.497 e. The van der Waals surface area contributed by atoms with Gasteiger partial charge in [-0.15, -0.1) is 0 Å². The van der Waals surface area contributed by atoms with Crippen LogP contribution in [0.2, 0.25) is 0 Å². The lowest BCUT2D eigenvalue weighted by Crippen LogP contribution is -2.10. The SMILES string of the molecule is C=C(Cn1cncn1)C(=O)c1ccc(OC)cc1. The quantitative estimate of drug-likeness (QED) is 0.592. The van der Waals surface area contributed by atoms with Crippen molar-refractivity contribution in [2.45, 2.75) is 6.54 Å². The van der Waals surface area contributed by atoms with Gasteiger partial charge in [-0.25, -0.2) is 9.67 Å². The first-order valence-corrected chi connectivity index (χ1v) is 5.39. The number of Topliss-reactive ketones (excluding diaryl/α,β-unsaturated/α-hetero) is 1. The van der Waals surface area contributed by atoms with Crippen LogP contribution < -0.4 is 4.74 Å². The second-order valence-corrected chi connectivity index (χ2v) is 3.75. The zero-order chi connectivity index (χ0) is 13.0. The molecule has 0 saturated carbocycles. The Kier molecular flexibility index (Phi) is 3.52. The lowest BCUT2D eigenvalue weighted by molar-refractivity contribution is 0.102. The number of rotatable bonds is 5. The molecule has 1 aromatic carbocycles. The third kappa shape index (κ3) is 2.63. The maximum atomic E-state index is 12.1. The zero-order valence-electron chi connectivity index (χ0n) is 10.0. The van der Waals surface area contributed by atoms with Gasteiger partial charge in [-0.1, -0.05) is 6.58 Å². The molecule has 0 amide bonds. The molecular weight excluding hydrogens is 230 g/mol. The molecular formula is C13H13N3O2. The highest BCUT2D eigenvalue weighted by Gasteiger charge is 2.11. The molecule has 2 rings (SSSR count). The minimum atomic E-state index is -0.104. The summed E-state index contributed by atoms with van der Waals surface area (Å²) in [5, 5.41) is 3.93. The summed E-state index contributed by atoms with van der Waals surface area (Å²) in [5.41, 5.74) is 1.05. The van der Waals surface area contributed by atoms with Crippen LogP contribution in [0.5, 0.6) is 5.75 Å². The largest absolute Gasteiger partial charge is 0.497 e. The molecule has 5 heteroatoms. The molecule has 0 aliphatic carbocycles. The molecule has 2 aromatic rings. The second kappa shape index (κ2) is 5.27. The van der Waals surface area contributed by atoms with Crippen molar-refractivity contribution in [2.24, 2.45) is 0 Å². The van der Waals surface area contributed by atoms with Gasteiger partial charge in [0.25, 0.3) is 0 Å². The van der Waals surface area contributed by atoms with Gasteiger partial charge in [-0.3, -0.25) is 4.79 Å². The maximum absolute atomic E-state index is 12.1. The molecule has 18 heavy (non-hydrogen) atoms. The van der Waals surface area contributed by atoms with E-state index in [1.165, 1.54) is 6.33 Å². The normalized spacial score (nSPS) is 10.1. The summed E-state index contributed by atoms with van der Waals surface area (Å²) in [5.74, 6) is 0.613. The van der Waals surface area contributed by atoms with Gasteiger partial charge in [0.15, 0.2) is 5.78 Å². The molecule has 0 spiro atoms. The standard InChI is InChI=1S/C13H13N3O2/c1-10(7-16-9-14-8-15-16)13(17)11-3-5-12(18-2)6-4-11/h3-6,8-9H,1,7H2,2H3. The molecule has 92 valence electrons. The van der Waals surface area contributed by atoms with Gasteiger partial charge < -0.3 is 4.74 Å². The number of carbonyl (C=O) groups is 1. The molecule has 0 fully saturated rings. The Bertz CT molecular complexity index is 544. The van der Waals surface area contributed by atoms with E-state index in [0.29, 0.717) is 23.4 Å². The van der Waals surface area contributed by atoms with Gasteiger partial charge in [0.2, 0.25) is 0 Å². The van der Waals surface area contributed by atoms with Gasteiger partial charge in [-0.2, -0.15) is 5.10 Å². The lowest BCUT2D eigenvalue weighted by Gasteiger charge is -2.05. The summed E-state index contributed by atoms with van der Waals surface area (Å²) in [4.78, 5) is 15.9. The maximum Gasteiger partial charge on any atom is 0.190 e. The molecule has 0 bridgehead atoms. The number of hydrogen-bond acceptors (Lipinski definition) is 4. The Hall–Kier alpha value is -2.43. The number of nitrogens with zero attached hydrogens (tertiary/aromatic N) is 3. The van der Waals surface area contributed by atoms with Crippen LogP contribution in [0.4, 0.5) is 0 Å². The molecule has 0 saturated heterocycles. The average molecular weight is 243 g/mol. The molecule has 0 aliphatic heterocycles. The van der Waals surface area contributed by atoms with E-state index in [1.807, 2.05) is 0 Å². The molecule has 1 heterocycles. The smallest absolute Gasteiger partial charge is 0.190 e. The Morgan fingerprint density at radius 2 is 2.11 bits per heavy atom. The lowest BCUT2D eigenvalue weighted by atomic mass is 10.0. The number of aromatic nitrogens is 3. The molecule has 0 aliphatic rings. The van der Waals surface area contributed by atoms with Crippen molar-refractivity contribution in [2.75, 3.05) is 7.11 Å². The van der Waals surface area contributed by atoms with Crippen LogP contribution in [0, 0.1) is 0 Å². The predicted octanol–water partition coefficient (Wildman–Crippen LogP) is 1.73. The Morgan fingerprint density at radius 3 is 2.67 bits per heavy atom. The van der Waals surface area contributed by atoms with E-state index in [0.717, 1.165) is 0 Å². The van der Waals surface area contributed by atoms with Crippen molar-refractivity contribution < 1.29 is 9.53 Å². The molecule has 0 radical (unpaired) electrons. The summed E-state index contributed by atoms with van der Waals surface area (Å²) < 4.78 is 6.60. The Labute approximate surface area is 105 Å². The fourth-order valence-corrected chi connectivity index (χ4v) is 1.53. The molecule has 1 aromatic heterocycles. The third-order valence-corrected chi connectivity index (χ3v) is 2.49. The highest BCUT2D eigenvalue weighted by molar-refractivity contribution is 6.08. The van der Waals surface area contributed by atoms with Crippen LogP contribution >= 0.6 is 0 Å². The van der Waals surface area contributed by atoms with E-state index in [2.05, 4.69) is 16.7 Å².